The Labute approximate surface area is 127 Å². The number of nitrogens with two attached hydrogens (primary N) is 1. The Morgan fingerprint density at radius 3 is 2.76 bits per heavy atom. The maximum absolute atomic E-state index is 7.43. The zero-order valence-corrected chi connectivity index (χ0v) is 12.2. The number of nitrogens with one attached hydrogen (secondary N) is 1. The van der Waals surface area contributed by atoms with Crippen LogP contribution in [0, 0.1) is 5.41 Å². The van der Waals surface area contributed by atoms with E-state index in [9.17, 15) is 0 Å². The van der Waals surface area contributed by atoms with Crippen molar-refractivity contribution in [2.75, 3.05) is 13.2 Å². The average Bonchev–Trinajstić information content (AvgIpc) is 2.72. The second kappa shape index (κ2) is 6.05. The number of aromatic nitrogens is 1. The number of benzene rings is 1. The molecular formula is C15H15N3O2S. The molecule has 0 radical (unpaired) electrons. The lowest BCUT2D eigenvalue weighted by Crippen LogP contribution is -2.12. The van der Waals surface area contributed by atoms with Gasteiger partial charge in [-0.05, 0) is 30.3 Å². The Morgan fingerprint density at radius 2 is 1.95 bits per heavy atom. The molecule has 0 unspecified atom stereocenters. The van der Waals surface area contributed by atoms with Crippen LogP contribution in [0.3, 0.4) is 0 Å². The number of nitrogen functional groups attached to an aromatic ring is 1. The van der Waals surface area contributed by atoms with Crippen molar-refractivity contribution < 1.29 is 9.47 Å². The van der Waals surface area contributed by atoms with Gasteiger partial charge in [-0.25, -0.2) is 4.98 Å². The maximum Gasteiger partial charge on any atom is 0.162 e. The number of hydrogen-bond acceptors (Lipinski definition) is 5. The molecule has 6 heteroatoms. The molecule has 0 saturated heterocycles. The standard InChI is InChI=1S/C15H15N3O2S/c16-15(17)11-3-1-4-14(18-11)21-10-5-6-12-13(9-10)20-8-2-7-19-12/h1,3-6,9H,2,7-8H2,(H3,16,17). The lowest BCUT2D eigenvalue weighted by molar-refractivity contribution is 0.297. The van der Waals surface area contributed by atoms with E-state index >= 15 is 0 Å². The predicted molar refractivity (Wildman–Crippen MR) is 81.4 cm³/mol. The molecule has 0 fully saturated rings. The van der Waals surface area contributed by atoms with Crippen molar-refractivity contribution in [1.82, 2.24) is 4.98 Å². The molecule has 0 saturated carbocycles. The first-order valence-corrected chi connectivity index (χ1v) is 7.43. The summed E-state index contributed by atoms with van der Waals surface area (Å²) in [5.74, 6) is 1.51. The Bertz CT molecular complexity index is 676. The molecule has 5 nitrogen and oxygen atoms in total. The van der Waals surface area contributed by atoms with Gasteiger partial charge in [-0.1, -0.05) is 17.8 Å². The Morgan fingerprint density at radius 1 is 1.14 bits per heavy atom. The van der Waals surface area contributed by atoms with Crippen LogP contribution in [-0.2, 0) is 0 Å². The highest BCUT2D eigenvalue weighted by Gasteiger charge is 2.11. The number of pyridine rings is 1. The largest absolute Gasteiger partial charge is 0.490 e. The molecular weight excluding hydrogens is 286 g/mol. The highest BCUT2D eigenvalue weighted by atomic mass is 32.2. The predicted octanol–water partition coefficient (Wildman–Crippen LogP) is 2.68. The first kappa shape index (κ1) is 13.8. The van der Waals surface area contributed by atoms with Gasteiger partial charge >= 0.3 is 0 Å². The summed E-state index contributed by atoms with van der Waals surface area (Å²) in [5.41, 5.74) is 5.94. The van der Waals surface area contributed by atoms with Gasteiger partial charge in [0.05, 0.1) is 13.2 Å². The molecule has 0 aliphatic carbocycles. The summed E-state index contributed by atoms with van der Waals surface area (Å²) >= 11 is 1.50. The molecule has 3 N–H and O–H groups in total. The molecule has 1 aromatic carbocycles. The van der Waals surface area contributed by atoms with E-state index in [4.69, 9.17) is 20.6 Å². The first-order chi connectivity index (χ1) is 10.2. The number of nitrogens with zero attached hydrogens (tertiary/aromatic N) is 1. The maximum atomic E-state index is 7.43. The van der Waals surface area contributed by atoms with Crippen LogP contribution in [0.25, 0.3) is 0 Å². The molecule has 108 valence electrons. The molecule has 21 heavy (non-hydrogen) atoms. The fourth-order valence-corrected chi connectivity index (χ4v) is 2.78. The van der Waals surface area contributed by atoms with Crippen LogP contribution >= 0.6 is 11.8 Å². The molecule has 0 atom stereocenters. The van der Waals surface area contributed by atoms with E-state index in [1.807, 2.05) is 30.3 Å². The van der Waals surface area contributed by atoms with Gasteiger partial charge in [0.15, 0.2) is 11.5 Å². The summed E-state index contributed by atoms with van der Waals surface area (Å²) in [6, 6.07) is 11.3. The number of rotatable bonds is 3. The lowest BCUT2D eigenvalue weighted by atomic mass is 10.3. The summed E-state index contributed by atoms with van der Waals surface area (Å²) in [4.78, 5) is 5.35. The van der Waals surface area contributed by atoms with Gasteiger partial charge in [0, 0.05) is 11.3 Å². The van der Waals surface area contributed by atoms with E-state index in [0.29, 0.717) is 18.9 Å². The smallest absolute Gasteiger partial charge is 0.162 e. The lowest BCUT2D eigenvalue weighted by Gasteiger charge is -2.09. The van der Waals surface area contributed by atoms with Crippen LogP contribution in [0.4, 0.5) is 0 Å². The average molecular weight is 301 g/mol. The number of amidine groups is 1. The van der Waals surface area contributed by atoms with Crippen molar-refractivity contribution in [2.45, 2.75) is 16.3 Å². The van der Waals surface area contributed by atoms with E-state index in [-0.39, 0.29) is 5.84 Å². The fraction of sp³-hybridized carbons (Fsp3) is 0.200. The van der Waals surface area contributed by atoms with Gasteiger partial charge in [-0.15, -0.1) is 0 Å². The topological polar surface area (TPSA) is 81.2 Å². The van der Waals surface area contributed by atoms with Crippen LogP contribution in [-0.4, -0.2) is 24.0 Å². The summed E-state index contributed by atoms with van der Waals surface area (Å²) in [5, 5.41) is 8.22. The van der Waals surface area contributed by atoms with Gasteiger partial charge < -0.3 is 15.2 Å². The van der Waals surface area contributed by atoms with E-state index in [0.717, 1.165) is 27.8 Å². The number of hydrogen-bond donors (Lipinski definition) is 2. The third kappa shape index (κ3) is 3.28. The van der Waals surface area contributed by atoms with E-state index in [2.05, 4.69) is 4.98 Å². The Balaban J connectivity index is 1.83. The molecule has 3 rings (SSSR count). The Kier molecular flexibility index (Phi) is 3.96. The summed E-state index contributed by atoms with van der Waals surface area (Å²) in [6.07, 6.45) is 0.888. The van der Waals surface area contributed by atoms with Crippen LogP contribution in [0.5, 0.6) is 11.5 Å². The van der Waals surface area contributed by atoms with Crippen LogP contribution in [0.15, 0.2) is 46.3 Å². The molecule has 2 aromatic rings. The quantitative estimate of drug-likeness (QED) is 0.673. The third-order valence-corrected chi connectivity index (χ3v) is 3.87. The summed E-state index contributed by atoms with van der Waals surface area (Å²) in [7, 11) is 0. The first-order valence-electron chi connectivity index (χ1n) is 6.61. The fourth-order valence-electron chi connectivity index (χ4n) is 1.95. The van der Waals surface area contributed by atoms with Gasteiger partial charge in [-0.3, -0.25) is 5.41 Å². The van der Waals surface area contributed by atoms with Crippen LogP contribution < -0.4 is 15.2 Å². The zero-order chi connectivity index (χ0) is 14.7. The molecule has 1 aromatic heterocycles. The van der Waals surface area contributed by atoms with E-state index < -0.39 is 0 Å². The van der Waals surface area contributed by atoms with Crippen molar-refractivity contribution in [3.8, 4) is 11.5 Å². The normalized spacial score (nSPS) is 13.5. The highest BCUT2D eigenvalue weighted by molar-refractivity contribution is 7.99. The molecule has 2 heterocycles. The molecule has 1 aliphatic rings. The molecule has 0 amide bonds. The Hall–Kier alpha value is -2.21. The molecule has 0 spiro atoms. The monoisotopic (exact) mass is 301 g/mol. The van der Waals surface area contributed by atoms with Crippen molar-refractivity contribution >= 4 is 17.6 Å². The third-order valence-electron chi connectivity index (χ3n) is 2.94. The molecule has 0 bridgehead atoms. The second-order valence-corrected chi connectivity index (χ2v) is 5.63. The minimum absolute atomic E-state index is 0.0314. The van der Waals surface area contributed by atoms with Crippen LogP contribution in [0.1, 0.15) is 12.1 Å². The zero-order valence-electron chi connectivity index (χ0n) is 11.3. The minimum Gasteiger partial charge on any atom is -0.490 e. The van der Waals surface area contributed by atoms with Crippen molar-refractivity contribution in [1.29, 1.82) is 5.41 Å². The second-order valence-electron chi connectivity index (χ2n) is 4.54. The van der Waals surface area contributed by atoms with Gasteiger partial charge in [0.1, 0.15) is 16.6 Å². The SMILES string of the molecule is N=C(N)c1cccc(Sc2ccc3c(c2)OCCCO3)n1. The van der Waals surface area contributed by atoms with Crippen molar-refractivity contribution in [2.24, 2.45) is 5.73 Å². The highest BCUT2D eigenvalue weighted by Crippen LogP contribution is 2.36. The number of fused-ring (bicyclic) bond motifs is 1. The summed E-state index contributed by atoms with van der Waals surface area (Å²) < 4.78 is 11.3. The van der Waals surface area contributed by atoms with E-state index in [1.165, 1.54) is 11.8 Å². The van der Waals surface area contributed by atoms with Crippen molar-refractivity contribution in [3.05, 3.63) is 42.1 Å². The number of ether oxygens (including phenoxy) is 2. The summed E-state index contributed by atoms with van der Waals surface area (Å²) in [6.45, 7) is 1.35. The van der Waals surface area contributed by atoms with Crippen LogP contribution in [0.2, 0.25) is 0 Å². The van der Waals surface area contributed by atoms with Gasteiger partial charge in [0.25, 0.3) is 0 Å². The molecule has 1 aliphatic heterocycles. The minimum atomic E-state index is -0.0314. The van der Waals surface area contributed by atoms with Crippen molar-refractivity contribution in [3.63, 3.8) is 0 Å². The van der Waals surface area contributed by atoms with Gasteiger partial charge in [0.2, 0.25) is 0 Å². The van der Waals surface area contributed by atoms with Gasteiger partial charge in [-0.2, -0.15) is 0 Å². The van der Waals surface area contributed by atoms with E-state index in [1.54, 1.807) is 6.07 Å².